The highest BCUT2D eigenvalue weighted by molar-refractivity contribution is 14.1. The second kappa shape index (κ2) is 6.23. The number of ketones is 1. The first kappa shape index (κ1) is 12.6. The maximum Gasteiger partial charge on any atom is 0.135 e. The topological polar surface area (TPSA) is 37.3 Å². The summed E-state index contributed by atoms with van der Waals surface area (Å²) in [5.74, 6) is -0.215. The summed E-state index contributed by atoms with van der Waals surface area (Å²) in [5.41, 5.74) is 0.822. The van der Waals surface area contributed by atoms with E-state index in [1.165, 1.54) is 0 Å². The molecule has 0 radical (unpaired) electrons. The highest BCUT2D eigenvalue weighted by Crippen LogP contribution is 2.25. The van der Waals surface area contributed by atoms with Crippen LogP contribution in [0.2, 0.25) is 0 Å². The SMILES string of the molecule is CC(=O)[C@H](CCI)[C@@H](O)c1ccccc1. The maximum absolute atomic E-state index is 11.4. The zero-order valence-electron chi connectivity index (χ0n) is 8.69. The Balaban J connectivity index is 2.81. The van der Waals surface area contributed by atoms with Crippen molar-refractivity contribution in [2.75, 3.05) is 4.43 Å². The van der Waals surface area contributed by atoms with E-state index in [1.54, 1.807) is 6.92 Å². The number of hydrogen-bond acceptors (Lipinski definition) is 2. The van der Waals surface area contributed by atoms with Crippen LogP contribution in [-0.2, 0) is 4.79 Å². The lowest BCUT2D eigenvalue weighted by atomic mass is 9.90. The molecule has 0 aliphatic rings. The van der Waals surface area contributed by atoms with Crippen molar-refractivity contribution in [3.05, 3.63) is 35.9 Å². The third kappa shape index (κ3) is 3.57. The van der Waals surface area contributed by atoms with E-state index >= 15 is 0 Å². The second-order valence-electron chi connectivity index (χ2n) is 3.55. The maximum atomic E-state index is 11.4. The van der Waals surface area contributed by atoms with Crippen molar-refractivity contribution < 1.29 is 9.90 Å². The van der Waals surface area contributed by atoms with Gasteiger partial charge < -0.3 is 5.11 Å². The van der Waals surface area contributed by atoms with E-state index in [1.807, 2.05) is 30.3 Å². The molecular formula is C12H15IO2. The lowest BCUT2D eigenvalue weighted by Crippen LogP contribution is -2.20. The molecule has 3 heteroatoms. The fraction of sp³-hybridized carbons (Fsp3) is 0.417. The van der Waals surface area contributed by atoms with Crippen molar-refractivity contribution in [3.63, 3.8) is 0 Å². The Labute approximate surface area is 104 Å². The number of rotatable bonds is 5. The van der Waals surface area contributed by atoms with E-state index in [4.69, 9.17) is 0 Å². The van der Waals surface area contributed by atoms with Gasteiger partial charge in [-0.25, -0.2) is 0 Å². The third-order valence-corrected chi connectivity index (χ3v) is 3.09. The van der Waals surface area contributed by atoms with Crippen LogP contribution in [0, 0.1) is 5.92 Å². The first-order chi connectivity index (χ1) is 7.16. The summed E-state index contributed by atoms with van der Waals surface area (Å²) < 4.78 is 0.881. The number of aliphatic hydroxyl groups excluding tert-OH is 1. The Kier molecular flexibility index (Phi) is 5.25. The molecule has 0 unspecified atom stereocenters. The minimum absolute atomic E-state index is 0.0584. The summed E-state index contributed by atoms with van der Waals surface area (Å²) >= 11 is 2.23. The summed E-state index contributed by atoms with van der Waals surface area (Å²) in [6.07, 6.45) is 0.0600. The van der Waals surface area contributed by atoms with Gasteiger partial charge in [0.05, 0.1) is 6.10 Å². The van der Waals surface area contributed by atoms with Crippen LogP contribution in [0.4, 0.5) is 0 Å². The molecule has 0 aliphatic carbocycles. The zero-order valence-corrected chi connectivity index (χ0v) is 10.8. The van der Waals surface area contributed by atoms with Gasteiger partial charge in [-0.05, 0) is 18.9 Å². The van der Waals surface area contributed by atoms with E-state index in [0.29, 0.717) is 0 Å². The van der Waals surface area contributed by atoms with Crippen molar-refractivity contribution in [3.8, 4) is 0 Å². The molecule has 2 nitrogen and oxygen atoms in total. The smallest absolute Gasteiger partial charge is 0.135 e. The first-order valence-electron chi connectivity index (χ1n) is 4.96. The first-order valence-corrected chi connectivity index (χ1v) is 6.48. The molecule has 0 spiro atoms. The normalized spacial score (nSPS) is 14.6. The number of halogens is 1. The van der Waals surface area contributed by atoms with E-state index in [-0.39, 0.29) is 11.7 Å². The zero-order chi connectivity index (χ0) is 11.3. The van der Waals surface area contributed by atoms with Crippen LogP contribution in [-0.4, -0.2) is 15.3 Å². The summed E-state index contributed by atoms with van der Waals surface area (Å²) in [6, 6.07) is 9.36. The van der Waals surface area contributed by atoms with Crippen LogP contribution < -0.4 is 0 Å². The largest absolute Gasteiger partial charge is 0.388 e. The van der Waals surface area contributed by atoms with Gasteiger partial charge in [0.1, 0.15) is 5.78 Å². The van der Waals surface area contributed by atoms with Crippen molar-refractivity contribution in [2.45, 2.75) is 19.4 Å². The summed E-state index contributed by atoms with van der Waals surface area (Å²) in [5, 5.41) is 10.1. The predicted octanol–water partition coefficient (Wildman–Crippen LogP) is 2.75. The molecular weight excluding hydrogens is 303 g/mol. The summed E-state index contributed by atoms with van der Waals surface area (Å²) in [4.78, 5) is 11.4. The Morgan fingerprint density at radius 2 is 2.00 bits per heavy atom. The molecule has 0 aliphatic heterocycles. The minimum Gasteiger partial charge on any atom is -0.388 e. The van der Waals surface area contributed by atoms with E-state index in [2.05, 4.69) is 22.6 Å². The molecule has 0 heterocycles. The van der Waals surface area contributed by atoms with Gasteiger partial charge in [0, 0.05) is 10.3 Å². The lowest BCUT2D eigenvalue weighted by molar-refractivity contribution is -0.124. The predicted molar refractivity (Wildman–Crippen MR) is 69.1 cm³/mol. The lowest BCUT2D eigenvalue weighted by Gasteiger charge is -2.19. The molecule has 0 fully saturated rings. The van der Waals surface area contributed by atoms with Gasteiger partial charge in [0.2, 0.25) is 0 Å². The molecule has 0 saturated carbocycles. The molecule has 0 bridgehead atoms. The Morgan fingerprint density at radius 1 is 1.40 bits per heavy atom. The Bertz CT molecular complexity index is 311. The Hall–Kier alpha value is -0.420. The molecule has 1 aromatic rings. The second-order valence-corrected chi connectivity index (χ2v) is 4.63. The number of Topliss-reactive ketones (excluding diaryl/α,β-unsaturated/α-hetero) is 1. The summed E-state index contributed by atoms with van der Waals surface area (Å²) in [7, 11) is 0. The van der Waals surface area contributed by atoms with Gasteiger partial charge in [-0.3, -0.25) is 4.79 Å². The summed E-state index contributed by atoms with van der Waals surface area (Å²) in [6.45, 7) is 1.54. The molecule has 1 rings (SSSR count). The molecule has 1 aromatic carbocycles. The quantitative estimate of drug-likeness (QED) is 0.669. The highest BCUT2D eigenvalue weighted by Gasteiger charge is 2.23. The molecule has 0 saturated heterocycles. The van der Waals surface area contributed by atoms with Crippen molar-refractivity contribution in [1.29, 1.82) is 0 Å². The number of benzene rings is 1. The van der Waals surface area contributed by atoms with Gasteiger partial charge in [-0.15, -0.1) is 0 Å². The fourth-order valence-corrected chi connectivity index (χ4v) is 2.25. The average Bonchev–Trinajstić information content (AvgIpc) is 2.26. The van der Waals surface area contributed by atoms with Gasteiger partial charge in [0.15, 0.2) is 0 Å². The molecule has 1 N–H and O–H groups in total. The van der Waals surface area contributed by atoms with Gasteiger partial charge in [0.25, 0.3) is 0 Å². The van der Waals surface area contributed by atoms with Gasteiger partial charge in [-0.1, -0.05) is 52.9 Å². The van der Waals surface area contributed by atoms with Gasteiger partial charge in [-0.2, -0.15) is 0 Å². The van der Waals surface area contributed by atoms with E-state index < -0.39 is 6.10 Å². The van der Waals surface area contributed by atoms with E-state index in [0.717, 1.165) is 16.4 Å². The van der Waals surface area contributed by atoms with Crippen LogP contribution >= 0.6 is 22.6 Å². The van der Waals surface area contributed by atoms with Gasteiger partial charge >= 0.3 is 0 Å². The minimum atomic E-state index is -0.668. The molecule has 0 aromatic heterocycles. The number of alkyl halides is 1. The van der Waals surface area contributed by atoms with Crippen molar-refractivity contribution in [1.82, 2.24) is 0 Å². The highest BCUT2D eigenvalue weighted by atomic mass is 127. The van der Waals surface area contributed by atoms with E-state index in [9.17, 15) is 9.90 Å². The number of carbonyl (C=O) groups is 1. The van der Waals surface area contributed by atoms with Crippen LogP contribution in [0.3, 0.4) is 0 Å². The number of hydrogen-bond donors (Lipinski definition) is 1. The van der Waals surface area contributed by atoms with Crippen LogP contribution in [0.5, 0.6) is 0 Å². The van der Waals surface area contributed by atoms with Crippen molar-refractivity contribution >= 4 is 28.4 Å². The fourth-order valence-electron chi connectivity index (χ4n) is 1.58. The molecule has 15 heavy (non-hydrogen) atoms. The van der Waals surface area contributed by atoms with Crippen LogP contribution in [0.15, 0.2) is 30.3 Å². The third-order valence-electron chi connectivity index (χ3n) is 2.46. The Morgan fingerprint density at radius 3 is 2.47 bits per heavy atom. The molecule has 0 amide bonds. The van der Waals surface area contributed by atoms with Crippen LogP contribution in [0.25, 0.3) is 0 Å². The standard InChI is InChI=1S/C12H15IO2/c1-9(14)11(7-8-13)12(15)10-5-3-2-4-6-10/h2-6,11-12,15H,7-8H2,1H3/t11-,12-/m0/s1. The van der Waals surface area contributed by atoms with Crippen LogP contribution in [0.1, 0.15) is 25.0 Å². The number of aliphatic hydroxyl groups is 1. The van der Waals surface area contributed by atoms with Crippen molar-refractivity contribution in [2.24, 2.45) is 5.92 Å². The molecule has 82 valence electrons. The number of carbonyl (C=O) groups excluding carboxylic acids is 1. The monoisotopic (exact) mass is 318 g/mol. The average molecular weight is 318 g/mol. The molecule has 2 atom stereocenters.